The summed E-state index contributed by atoms with van der Waals surface area (Å²) in [4.78, 5) is 14.5. The molecule has 1 aliphatic rings. The molecular formula is C23H23N3OS2. The van der Waals surface area contributed by atoms with Crippen molar-refractivity contribution in [3.05, 3.63) is 76.7 Å². The molecule has 148 valence electrons. The molecule has 3 aromatic rings. The Labute approximate surface area is 180 Å². The van der Waals surface area contributed by atoms with Crippen molar-refractivity contribution >= 4 is 51.0 Å². The number of benzene rings is 2. The van der Waals surface area contributed by atoms with E-state index < -0.39 is 0 Å². The smallest absolute Gasteiger partial charge is 0.258 e. The fraction of sp³-hybridized carbons (Fsp3) is 0.217. The Kier molecular flexibility index (Phi) is 5.92. The highest BCUT2D eigenvalue weighted by Crippen LogP contribution is 2.43. The van der Waals surface area contributed by atoms with E-state index >= 15 is 0 Å². The lowest BCUT2D eigenvalue weighted by Gasteiger charge is -2.20. The first-order valence-electron chi connectivity index (χ1n) is 9.77. The Morgan fingerprint density at radius 1 is 0.966 bits per heavy atom. The number of hydrogen-bond acceptors (Lipinski definition) is 3. The molecule has 1 heterocycles. The van der Waals surface area contributed by atoms with Gasteiger partial charge in [0.15, 0.2) is 5.11 Å². The second-order valence-electron chi connectivity index (χ2n) is 7.20. The number of para-hydroxylation sites is 2. The molecule has 0 radical (unpaired) electrons. The average Bonchev–Trinajstić information content (AvgIpc) is 3.08. The maximum absolute atomic E-state index is 13.2. The topological polar surface area (TPSA) is 53.2 Å². The van der Waals surface area contributed by atoms with Gasteiger partial charge in [0.25, 0.3) is 5.91 Å². The summed E-state index contributed by atoms with van der Waals surface area (Å²) >= 11 is 7.16. The van der Waals surface area contributed by atoms with Gasteiger partial charge in [-0.25, -0.2) is 0 Å². The van der Waals surface area contributed by atoms with Crippen LogP contribution in [0.3, 0.4) is 0 Å². The van der Waals surface area contributed by atoms with E-state index in [1.165, 1.54) is 10.4 Å². The zero-order chi connectivity index (χ0) is 20.2. The van der Waals surface area contributed by atoms with Gasteiger partial charge < -0.3 is 16.0 Å². The summed E-state index contributed by atoms with van der Waals surface area (Å²) in [6.07, 6.45) is 3.26. The number of thiophene rings is 1. The lowest BCUT2D eigenvalue weighted by atomic mass is 9.86. The molecule has 3 N–H and O–H groups in total. The third-order valence-electron chi connectivity index (χ3n) is 5.07. The van der Waals surface area contributed by atoms with Crippen molar-refractivity contribution in [3.63, 3.8) is 0 Å². The minimum absolute atomic E-state index is 0.0903. The van der Waals surface area contributed by atoms with Gasteiger partial charge in [0.05, 0.1) is 5.56 Å². The number of anilines is 3. The number of carbonyl (C=O) groups is 1. The predicted molar refractivity (Wildman–Crippen MR) is 126 cm³/mol. The van der Waals surface area contributed by atoms with Crippen LogP contribution in [-0.2, 0) is 6.42 Å². The summed E-state index contributed by atoms with van der Waals surface area (Å²) in [6.45, 7) is 2.20. The Hall–Kier alpha value is -2.70. The molecule has 1 aromatic heterocycles. The maximum Gasteiger partial charge on any atom is 0.258 e. The molecule has 0 bridgehead atoms. The van der Waals surface area contributed by atoms with Crippen molar-refractivity contribution in [2.45, 2.75) is 32.1 Å². The molecule has 4 nitrogen and oxygen atoms in total. The molecule has 1 aliphatic carbocycles. The Balaban J connectivity index is 1.62. The Bertz CT molecular complexity index is 1020. The summed E-state index contributed by atoms with van der Waals surface area (Å²) in [5.41, 5.74) is 3.59. The van der Waals surface area contributed by atoms with E-state index in [0.717, 1.165) is 41.2 Å². The van der Waals surface area contributed by atoms with Gasteiger partial charge in [-0.05, 0) is 67.2 Å². The SMILES string of the molecule is CC1CCCc2sc(NC(=S)Nc3ccccc3)c(C(=O)Nc3ccccc3)c21. The standard InChI is InChI=1S/C23H23N3OS2/c1-15-9-8-14-18-19(15)20(21(27)24-16-10-4-2-5-11-16)22(29-18)26-23(28)25-17-12-6-3-7-13-17/h2-7,10-13,15H,8-9,14H2,1H3,(H,24,27)(H2,25,26,28). The summed E-state index contributed by atoms with van der Waals surface area (Å²) in [7, 11) is 0. The second-order valence-corrected chi connectivity index (χ2v) is 8.72. The van der Waals surface area contributed by atoms with E-state index in [0.29, 0.717) is 11.0 Å². The van der Waals surface area contributed by atoms with E-state index in [2.05, 4.69) is 22.9 Å². The highest BCUT2D eigenvalue weighted by atomic mass is 32.1. The zero-order valence-electron chi connectivity index (χ0n) is 16.2. The number of thiocarbonyl (C=S) groups is 1. The highest BCUT2D eigenvalue weighted by Gasteiger charge is 2.29. The van der Waals surface area contributed by atoms with Crippen molar-refractivity contribution in [2.75, 3.05) is 16.0 Å². The Morgan fingerprint density at radius 3 is 2.24 bits per heavy atom. The number of carbonyl (C=O) groups excluding carboxylic acids is 1. The van der Waals surface area contributed by atoms with Crippen molar-refractivity contribution in [1.82, 2.24) is 0 Å². The molecule has 0 aliphatic heterocycles. The van der Waals surface area contributed by atoms with Crippen LogP contribution in [-0.4, -0.2) is 11.0 Å². The van der Waals surface area contributed by atoms with Crippen LogP contribution >= 0.6 is 23.6 Å². The van der Waals surface area contributed by atoms with E-state index in [1.54, 1.807) is 11.3 Å². The van der Waals surface area contributed by atoms with Gasteiger partial charge in [0.2, 0.25) is 0 Å². The van der Waals surface area contributed by atoms with E-state index in [1.807, 2.05) is 60.7 Å². The van der Waals surface area contributed by atoms with Gasteiger partial charge in [-0.3, -0.25) is 4.79 Å². The molecule has 29 heavy (non-hydrogen) atoms. The lowest BCUT2D eigenvalue weighted by Crippen LogP contribution is -2.22. The third-order valence-corrected chi connectivity index (χ3v) is 6.46. The van der Waals surface area contributed by atoms with Crippen molar-refractivity contribution < 1.29 is 4.79 Å². The molecule has 1 amide bonds. The number of hydrogen-bond donors (Lipinski definition) is 3. The van der Waals surface area contributed by atoms with Crippen molar-refractivity contribution in [1.29, 1.82) is 0 Å². The van der Waals surface area contributed by atoms with Crippen LogP contribution in [0.25, 0.3) is 0 Å². The minimum Gasteiger partial charge on any atom is -0.332 e. The van der Waals surface area contributed by atoms with Gasteiger partial charge in [-0.1, -0.05) is 43.3 Å². The monoisotopic (exact) mass is 421 g/mol. The van der Waals surface area contributed by atoms with Gasteiger partial charge in [-0.15, -0.1) is 11.3 Å². The number of rotatable bonds is 4. The maximum atomic E-state index is 13.2. The molecule has 0 saturated carbocycles. The molecule has 4 rings (SSSR count). The summed E-state index contributed by atoms with van der Waals surface area (Å²) in [5, 5.41) is 10.8. The second kappa shape index (κ2) is 8.76. The summed E-state index contributed by atoms with van der Waals surface area (Å²) < 4.78 is 0. The number of nitrogens with one attached hydrogen (secondary N) is 3. The summed E-state index contributed by atoms with van der Waals surface area (Å²) in [5.74, 6) is 0.269. The molecule has 1 unspecified atom stereocenters. The molecule has 1 atom stereocenters. The van der Waals surface area contributed by atoms with Crippen LogP contribution in [0, 0.1) is 0 Å². The van der Waals surface area contributed by atoms with E-state index in [9.17, 15) is 4.79 Å². The average molecular weight is 422 g/mol. The fourth-order valence-corrected chi connectivity index (χ4v) is 5.37. The lowest BCUT2D eigenvalue weighted by molar-refractivity contribution is 0.102. The minimum atomic E-state index is -0.0903. The molecule has 2 aromatic carbocycles. The van der Waals surface area contributed by atoms with Crippen LogP contribution in [0.2, 0.25) is 0 Å². The van der Waals surface area contributed by atoms with Crippen molar-refractivity contribution in [3.8, 4) is 0 Å². The molecule has 0 spiro atoms. The highest BCUT2D eigenvalue weighted by molar-refractivity contribution is 7.80. The van der Waals surface area contributed by atoms with Gasteiger partial charge in [-0.2, -0.15) is 0 Å². The van der Waals surface area contributed by atoms with Crippen LogP contribution in [0.5, 0.6) is 0 Å². The van der Waals surface area contributed by atoms with Crippen LogP contribution in [0.1, 0.15) is 46.5 Å². The molecule has 0 fully saturated rings. The largest absolute Gasteiger partial charge is 0.332 e. The number of amides is 1. The van der Waals surface area contributed by atoms with E-state index in [-0.39, 0.29) is 5.91 Å². The first kappa shape index (κ1) is 19.6. The van der Waals surface area contributed by atoms with Crippen LogP contribution in [0.15, 0.2) is 60.7 Å². The normalized spacial score (nSPS) is 15.3. The zero-order valence-corrected chi connectivity index (χ0v) is 17.8. The Morgan fingerprint density at radius 2 is 1.59 bits per heavy atom. The molecule has 0 saturated heterocycles. The van der Waals surface area contributed by atoms with Crippen LogP contribution in [0.4, 0.5) is 16.4 Å². The van der Waals surface area contributed by atoms with Gasteiger partial charge >= 0.3 is 0 Å². The first-order chi connectivity index (χ1) is 14.1. The molecule has 6 heteroatoms. The predicted octanol–water partition coefficient (Wildman–Crippen LogP) is 6.25. The van der Waals surface area contributed by atoms with Gasteiger partial charge in [0, 0.05) is 16.3 Å². The van der Waals surface area contributed by atoms with Gasteiger partial charge in [0.1, 0.15) is 5.00 Å². The fourth-order valence-electron chi connectivity index (χ4n) is 3.73. The quantitative estimate of drug-likeness (QED) is 0.436. The van der Waals surface area contributed by atoms with Crippen LogP contribution < -0.4 is 16.0 Å². The number of fused-ring (bicyclic) bond motifs is 1. The van der Waals surface area contributed by atoms with E-state index in [4.69, 9.17) is 12.2 Å². The number of aryl methyl sites for hydroxylation is 1. The molecular weight excluding hydrogens is 398 g/mol. The third kappa shape index (κ3) is 4.49. The first-order valence-corrected chi connectivity index (χ1v) is 11.0. The van der Waals surface area contributed by atoms with Crippen molar-refractivity contribution in [2.24, 2.45) is 0 Å². The summed E-state index contributed by atoms with van der Waals surface area (Å²) in [6, 6.07) is 19.3.